The summed E-state index contributed by atoms with van der Waals surface area (Å²) in [6.45, 7) is 2.01. The molecule has 2 rings (SSSR count). The molecule has 0 saturated heterocycles. The Labute approximate surface area is 93.1 Å². The van der Waals surface area contributed by atoms with E-state index in [0.717, 1.165) is 17.5 Å². The predicted octanol–water partition coefficient (Wildman–Crippen LogP) is 3.20. The van der Waals surface area contributed by atoms with E-state index < -0.39 is 5.82 Å². The van der Waals surface area contributed by atoms with Crippen LogP contribution in [-0.4, -0.2) is 11.3 Å². The molecule has 2 nitrogen and oxygen atoms in total. The Balaban J connectivity index is 2.58. The number of nitrogens with one attached hydrogen (secondary N) is 1. The molecule has 1 N–H and O–H groups in total. The molecule has 1 heterocycles. The minimum Gasteiger partial charge on any atom is -0.358 e. The van der Waals surface area contributed by atoms with Gasteiger partial charge in [0.1, 0.15) is 0 Å². The van der Waals surface area contributed by atoms with E-state index in [4.69, 9.17) is 0 Å². The van der Waals surface area contributed by atoms with Gasteiger partial charge in [-0.05, 0) is 12.0 Å². The van der Waals surface area contributed by atoms with Gasteiger partial charge in [-0.25, -0.2) is 4.39 Å². The van der Waals surface area contributed by atoms with Crippen LogP contribution in [0, 0.1) is 5.82 Å². The van der Waals surface area contributed by atoms with E-state index in [1.54, 1.807) is 0 Å². The number of aryl methyl sites for hydroxylation is 1. The lowest BCUT2D eigenvalue weighted by Crippen LogP contribution is -1.90. The first-order valence-electron chi connectivity index (χ1n) is 5.18. The van der Waals surface area contributed by atoms with Gasteiger partial charge in [0.2, 0.25) is 0 Å². The van der Waals surface area contributed by atoms with Crippen LogP contribution >= 0.6 is 0 Å². The Morgan fingerprint density at radius 2 is 2.12 bits per heavy atom. The summed E-state index contributed by atoms with van der Waals surface area (Å²) in [5, 5.41) is 0. The molecule has 0 saturated carbocycles. The summed E-state index contributed by atoms with van der Waals surface area (Å²) in [6, 6.07) is 7.58. The first-order valence-corrected chi connectivity index (χ1v) is 5.18. The average Bonchev–Trinajstić information content (AvgIpc) is 2.70. The van der Waals surface area contributed by atoms with E-state index in [1.807, 2.05) is 31.2 Å². The summed E-state index contributed by atoms with van der Waals surface area (Å²) >= 11 is 0. The topological polar surface area (TPSA) is 32.9 Å². The third-order valence-electron chi connectivity index (χ3n) is 2.64. The van der Waals surface area contributed by atoms with E-state index in [9.17, 15) is 9.18 Å². The summed E-state index contributed by atoms with van der Waals surface area (Å²) in [6.07, 6.45) is 2.74. The molecule has 3 heteroatoms. The number of aromatic amines is 1. The molecule has 0 aliphatic heterocycles. The number of aldehydes is 1. The first kappa shape index (κ1) is 10.6. The average molecular weight is 217 g/mol. The van der Waals surface area contributed by atoms with Gasteiger partial charge in [0.05, 0.1) is 11.3 Å². The molecule has 0 aliphatic carbocycles. The number of hydrogen-bond donors (Lipinski definition) is 1. The standard InChI is InChI=1S/C13H12FNO/c1-2-9-5-3-4-6-11(9)13-12(14)10(8-16)7-15-13/h3-8,15H,2H2,1H3. The summed E-state index contributed by atoms with van der Waals surface area (Å²) in [5.41, 5.74) is 2.33. The zero-order valence-corrected chi connectivity index (χ0v) is 8.96. The maximum Gasteiger partial charge on any atom is 0.159 e. The van der Waals surface area contributed by atoms with Crippen molar-refractivity contribution < 1.29 is 9.18 Å². The van der Waals surface area contributed by atoms with Gasteiger partial charge in [-0.1, -0.05) is 31.2 Å². The molecule has 0 spiro atoms. The fourth-order valence-electron chi connectivity index (χ4n) is 1.78. The van der Waals surface area contributed by atoms with Gasteiger partial charge in [-0.2, -0.15) is 0 Å². The predicted molar refractivity (Wildman–Crippen MR) is 61.0 cm³/mol. The molecule has 0 unspecified atom stereocenters. The van der Waals surface area contributed by atoms with Gasteiger partial charge < -0.3 is 4.98 Å². The summed E-state index contributed by atoms with van der Waals surface area (Å²) in [7, 11) is 0. The fourth-order valence-corrected chi connectivity index (χ4v) is 1.78. The van der Waals surface area contributed by atoms with Gasteiger partial charge in [-0.15, -0.1) is 0 Å². The number of carbonyl (C=O) groups is 1. The Bertz CT molecular complexity index is 516. The van der Waals surface area contributed by atoms with Crippen LogP contribution in [0.1, 0.15) is 22.8 Å². The van der Waals surface area contributed by atoms with E-state index in [1.165, 1.54) is 6.20 Å². The number of carbonyl (C=O) groups excluding carboxylic acids is 1. The Hall–Kier alpha value is -1.90. The summed E-state index contributed by atoms with van der Waals surface area (Å²) < 4.78 is 13.8. The van der Waals surface area contributed by atoms with Crippen LogP contribution in [0.2, 0.25) is 0 Å². The molecule has 0 fully saturated rings. The zero-order chi connectivity index (χ0) is 11.5. The first-order chi connectivity index (χ1) is 7.77. The summed E-state index contributed by atoms with van der Waals surface area (Å²) in [5.74, 6) is -0.476. The quantitative estimate of drug-likeness (QED) is 0.787. The molecule has 0 bridgehead atoms. The number of aromatic nitrogens is 1. The van der Waals surface area contributed by atoms with Crippen molar-refractivity contribution >= 4 is 6.29 Å². The van der Waals surface area contributed by atoms with Crippen molar-refractivity contribution in [2.24, 2.45) is 0 Å². The van der Waals surface area contributed by atoms with Crippen molar-refractivity contribution in [2.45, 2.75) is 13.3 Å². The fraction of sp³-hybridized carbons (Fsp3) is 0.154. The molecule has 0 radical (unpaired) electrons. The molecule has 0 amide bonds. The number of hydrogen-bond acceptors (Lipinski definition) is 1. The maximum absolute atomic E-state index is 13.8. The molecule has 0 atom stereocenters. The third-order valence-corrected chi connectivity index (χ3v) is 2.64. The van der Waals surface area contributed by atoms with E-state index in [-0.39, 0.29) is 5.56 Å². The van der Waals surface area contributed by atoms with Gasteiger partial charge in [-0.3, -0.25) is 4.79 Å². The minimum atomic E-state index is -0.476. The smallest absolute Gasteiger partial charge is 0.159 e. The zero-order valence-electron chi connectivity index (χ0n) is 8.96. The van der Waals surface area contributed by atoms with Crippen LogP contribution in [0.4, 0.5) is 4.39 Å². The van der Waals surface area contributed by atoms with E-state index >= 15 is 0 Å². The van der Waals surface area contributed by atoms with Crippen molar-refractivity contribution in [3.63, 3.8) is 0 Å². The molecular weight excluding hydrogens is 205 g/mol. The summed E-state index contributed by atoms with van der Waals surface area (Å²) in [4.78, 5) is 13.4. The second-order valence-corrected chi connectivity index (χ2v) is 3.56. The lowest BCUT2D eigenvalue weighted by molar-refractivity contribution is 0.112. The number of benzene rings is 1. The second kappa shape index (κ2) is 4.31. The van der Waals surface area contributed by atoms with Crippen molar-refractivity contribution in [2.75, 3.05) is 0 Å². The van der Waals surface area contributed by atoms with Crippen LogP contribution in [0.5, 0.6) is 0 Å². The molecule has 2 aromatic rings. The van der Waals surface area contributed by atoms with E-state index in [2.05, 4.69) is 4.98 Å². The van der Waals surface area contributed by atoms with Crippen molar-refractivity contribution in [3.8, 4) is 11.3 Å². The van der Waals surface area contributed by atoms with Gasteiger partial charge in [0.15, 0.2) is 12.1 Å². The number of H-pyrrole nitrogens is 1. The molecule has 82 valence electrons. The van der Waals surface area contributed by atoms with Crippen molar-refractivity contribution in [1.82, 2.24) is 4.98 Å². The lowest BCUT2D eigenvalue weighted by atomic mass is 10.0. The highest BCUT2D eigenvalue weighted by Crippen LogP contribution is 2.26. The van der Waals surface area contributed by atoms with Crippen LogP contribution < -0.4 is 0 Å². The highest BCUT2D eigenvalue weighted by atomic mass is 19.1. The monoisotopic (exact) mass is 217 g/mol. The van der Waals surface area contributed by atoms with Crippen molar-refractivity contribution in [3.05, 3.63) is 47.4 Å². The normalized spacial score (nSPS) is 10.4. The maximum atomic E-state index is 13.8. The van der Waals surface area contributed by atoms with Crippen LogP contribution in [0.3, 0.4) is 0 Å². The third kappa shape index (κ3) is 1.65. The molecule has 16 heavy (non-hydrogen) atoms. The minimum absolute atomic E-state index is 0.0703. The second-order valence-electron chi connectivity index (χ2n) is 3.56. The van der Waals surface area contributed by atoms with Crippen LogP contribution in [0.15, 0.2) is 30.5 Å². The molecule has 1 aromatic carbocycles. The Kier molecular flexibility index (Phi) is 2.86. The van der Waals surface area contributed by atoms with E-state index in [0.29, 0.717) is 12.0 Å². The molecular formula is C13H12FNO. The van der Waals surface area contributed by atoms with Gasteiger partial charge in [0, 0.05) is 11.8 Å². The van der Waals surface area contributed by atoms with Crippen molar-refractivity contribution in [1.29, 1.82) is 0 Å². The largest absolute Gasteiger partial charge is 0.358 e. The number of rotatable bonds is 3. The van der Waals surface area contributed by atoms with Crippen LogP contribution in [-0.2, 0) is 6.42 Å². The van der Waals surface area contributed by atoms with Gasteiger partial charge in [0.25, 0.3) is 0 Å². The Morgan fingerprint density at radius 3 is 2.75 bits per heavy atom. The lowest BCUT2D eigenvalue weighted by Gasteiger charge is -2.05. The SMILES string of the molecule is CCc1ccccc1-c1[nH]cc(C=O)c1F. The van der Waals surface area contributed by atoms with Crippen LogP contribution in [0.25, 0.3) is 11.3 Å². The van der Waals surface area contributed by atoms with Gasteiger partial charge >= 0.3 is 0 Å². The molecule has 1 aromatic heterocycles. The Morgan fingerprint density at radius 1 is 1.38 bits per heavy atom. The highest BCUT2D eigenvalue weighted by molar-refractivity contribution is 5.79. The number of halogens is 1. The highest BCUT2D eigenvalue weighted by Gasteiger charge is 2.13. The molecule has 0 aliphatic rings.